The van der Waals surface area contributed by atoms with E-state index >= 15 is 0 Å². The van der Waals surface area contributed by atoms with Gasteiger partial charge in [-0.2, -0.15) is 10.4 Å². The maximum atomic E-state index is 8.90. The van der Waals surface area contributed by atoms with Crippen molar-refractivity contribution in [3.8, 4) is 6.07 Å². The van der Waals surface area contributed by atoms with Crippen LogP contribution < -0.4 is 0 Å². The number of aromatic nitrogens is 4. The number of nitrogens with zero attached hydrogens (tertiary/aromatic N) is 5. The molecule has 3 rings (SSSR count). The zero-order valence-corrected chi connectivity index (χ0v) is 8.55. The van der Waals surface area contributed by atoms with Gasteiger partial charge in [0, 0.05) is 23.5 Å². The van der Waals surface area contributed by atoms with Crippen molar-refractivity contribution in [1.29, 1.82) is 5.26 Å². The Morgan fingerprint density at radius 3 is 3.00 bits per heavy atom. The Morgan fingerprint density at radius 2 is 2.19 bits per heavy atom. The first-order chi connectivity index (χ1) is 7.81. The summed E-state index contributed by atoms with van der Waals surface area (Å²) < 4.78 is 1.67. The van der Waals surface area contributed by atoms with Gasteiger partial charge in [0.1, 0.15) is 11.6 Å². The first-order valence-corrected chi connectivity index (χ1v) is 4.79. The summed E-state index contributed by atoms with van der Waals surface area (Å²) in [6, 6.07) is 3.93. The molecule has 0 aliphatic carbocycles. The predicted molar refractivity (Wildman–Crippen MR) is 57.7 cm³/mol. The average molecular weight is 209 g/mol. The van der Waals surface area contributed by atoms with Crippen LogP contribution in [0.2, 0.25) is 0 Å². The third-order valence-electron chi connectivity index (χ3n) is 2.57. The summed E-state index contributed by atoms with van der Waals surface area (Å²) in [6.07, 6.45) is 4.98. The van der Waals surface area contributed by atoms with Crippen molar-refractivity contribution in [3.63, 3.8) is 0 Å². The normalized spacial score (nSPS) is 10.8. The molecular formula is C11H7N5. The molecule has 16 heavy (non-hydrogen) atoms. The summed E-state index contributed by atoms with van der Waals surface area (Å²) in [7, 11) is 0. The van der Waals surface area contributed by atoms with Crippen LogP contribution in [0.25, 0.3) is 16.6 Å². The van der Waals surface area contributed by atoms with Crippen LogP contribution >= 0.6 is 0 Å². The second-order valence-electron chi connectivity index (χ2n) is 3.49. The van der Waals surface area contributed by atoms with Gasteiger partial charge in [0.2, 0.25) is 0 Å². The van der Waals surface area contributed by atoms with Gasteiger partial charge in [-0.15, -0.1) is 0 Å². The summed E-state index contributed by atoms with van der Waals surface area (Å²) >= 11 is 0. The minimum Gasteiger partial charge on any atom is -0.261 e. The van der Waals surface area contributed by atoms with Crippen LogP contribution in [0.5, 0.6) is 0 Å². The van der Waals surface area contributed by atoms with E-state index in [1.165, 1.54) is 6.20 Å². The smallest absolute Gasteiger partial charge is 0.173 e. The van der Waals surface area contributed by atoms with E-state index in [0.717, 1.165) is 16.6 Å². The number of pyridine rings is 1. The predicted octanol–water partition coefficient (Wildman–Crippen LogP) is 1.46. The minimum atomic E-state index is 0.483. The first kappa shape index (κ1) is 8.80. The molecule has 0 aromatic carbocycles. The third kappa shape index (κ3) is 1.01. The highest BCUT2D eigenvalue weighted by molar-refractivity contribution is 5.82. The Balaban J connectivity index is 2.57. The summed E-state index contributed by atoms with van der Waals surface area (Å²) in [4.78, 5) is 8.43. The van der Waals surface area contributed by atoms with Crippen LogP contribution in [-0.2, 0) is 0 Å². The van der Waals surface area contributed by atoms with Crippen LogP contribution in [0.1, 0.15) is 11.3 Å². The summed E-state index contributed by atoms with van der Waals surface area (Å²) in [6.45, 7) is 1.92. The van der Waals surface area contributed by atoms with Crippen LogP contribution in [-0.4, -0.2) is 19.6 Å². The molecule has 3 aromatic rings. The first-order valence-electron chi connectivity index (χ1n) is 4.79. The van der Waals surface area contributed by atoms with E-state index in [4.69, 9.17) is 5.26 Å². The van der Waals surface area contributed by atoms with Crippen LogP contribution in [0.4, 0.5) is 0 Å². The summed E-state index contributed by atoms with van der Waals surface area (Å²) in [5, 5.41) is 14.0. The lowest BCUT2D eigenvalue weighted by atomic mass is 10.2. The lowest BCUT2D eigenvalue weighted by Gasteiger charge is -2.02. The molecule has 0 fully saturated rings. The Bertz CT molecular complexity index is 735. The van der Waals surface area contributed by atoms with Gasteiger partial charge in [-0.25, -0.2) is 9.50 Å². The Hall–Kier alpha value is -2.48. The Morgan fingerprint density at radius 1 is 1.31 bits per heavy atom. The van der Waals surface area contributed by atoms with Gasteiger partial charge in [0.05, 0.1) is 11.7 Å². The standard InChI is InChI=1S/C11H7N5/c1-7-9-6-14-11-8(4-12)5-15-16(11)10(9)2-3-13-7/h2-3,5-6H,1H3. The highest BCUT2D eigenvalue weighted by Crippen LogP contribution is 2.17. The summed E-state index contributed by atoms with van der Waals surface area (Å²) in [5.41, 5.74) is 2.89. The van der Waals surface area contributed by atoms with Crippen LogP contribution in [0, 0.1) is 18.3 Å². The molecule has 0 saturated carbocycles. The van der Waals surface area contributed by atoms with E-state index in [1.807, 2.05) is 13.0 Å². The van der Waals surface area contributed by atoms with Crippen molar-refractivity contribution in [1.82, 2.24) is 19.6 Å². The van der Waals surface area contributed by atoms with Crippen molar-refractivity contribution in [2.45, 2.75) is 6.92 Å². The quantitative estimate of drug-likeness (QED) is 0.562. The van der Waals surface area contributed by atoms with Crippen molar-refractivity contribution in [2.75, 3.05) is 0 Å². The molecule has 3 heterocycles. The molecule has 3 aromatic heterocycles. The monoisotopic (exact) mass is 209 g/mol. The van der Waals surface area contributed by atoms with Gasteiger partial charge in [0.25, 0.3) is 0 Å². The zero-order chi connectivity index (χ0) is 11.1. The van der Waals surface area contributed by atoms with Gasteiger partial charge in [-0.3, -0.25) is 4.98 Å². The topological polar surface area (TPSA) is 66.9 Å². The molecule has 0 N–H and O–H groups in total. The van der Waals surface area contributed by atoms with E-state index in [2.05, 4.69) is 21.1 Å². The molecule has 76 valence electrons. The molecule has 0 radical (unpaired) electrons. The fourth-order valence-corrected chi connectivity index (χ4v) is 1.76. The van der Waals surface area contributed by atoms with E-state index in [1.54, 1.807) is 16.9 Å². The molecule has 0 atom stereocenters. The molecule has 0 saturated heterocycles. The lowest BCUT2D eigenvalue weighted by molar-refractivity contribution is 0.979. The number of nitriles is 1. The SMILES string of the molecule is Cc1nccc2c1cnc1c(C#N)cnn12. The van der Waals surface area contributed by atoms with E-state index < -0.39 is 0 Å². The van der Waals surface area contributed by atoms with Gasteiger partial charge >= 0.3 is 0 Å². The number of hydrogen-bond acceptors (Lipinski definition) is 4. The van der Waals surface area contributed by atoms with Gasteiger partial charge in [-0.1, -0.05) is 0 Å². The van der Waals surface area contributed by atoms with Crippen LogP contribution in [0.15, 0.2) is 24.7 Å². The fourth-order valence-electron chi connectivity index (χ4n) is 1.76. The zero-order valence-electron chi connectivity index (χ0n) is 8.55. The maximum absolute atomic E-state index is 8.90. The Kier molecular flexibility index (Phi) is 1.65. The molecule has 0 unspecified atom stereocenters. The number of hydrogen-bond donors (Lipinski definition) is 0. The third-order valence-corrected chi connectivity index (χ3v) is 2.57. The van der Waals surface area contributed by atoms with Crippen molar-refractivity contribution < 1.29 is 0 Å². The number of aryl methyl sites for hydroxylation is 1. The molecule has 0 amide bonds. The second-order valence-corrected chi connectivity index (χ2v) is 3.49. The van der Waals surface area contributed by atoms with Crippen molar-refractivity contribution in [2.24, 2.45) is 0 Å². The highest BCUT2D eigenvalue weighted by Gasteiger charge is 2.08. The van der Waals surface area contributed by atoms with Gasteiger partial charge < -0.3 is 0 Å². The van der Waals surface area contributed by atoms with E-state index in [9.17, 15) is 0 Å². The molecular weight excluding hydrogens is 202 g/mol. The average Bonchev–Trinajstić information content (AvgIpc) is 2.72. The van der Waals surface area contributed by atoms with E-state index in [0.29, 0.717) is 11.2 Å². The Labute approximate surface area is 91.0 Å². The highest BCUT2D eigenvalue weighted by atomic mass is 15.2. The maximum Gasteiger partial charge on any atom is 0.173 e. The molecule has 0 spiro atoms. The molecule has 0 bridgehead atoms. The molecule has 0 aliphatic rings. The second kappa shape index (κ2) is 3.00. The minimum absolute atomic E-state index is 0.483. The van der Waals surface area contributed by atoms with Crippen LogP contribution in [0.3, 0.4) is 0 Å². The molecule has 5 heteroatoms. The lowest BCUT2D eigenvalue weighted by Crippen LogP contribution is -1.95. The van der Waals surface area contributed by atoms with Gasteiger partial charge in [0.15, 0.2) is 5.65 Å². The largest absolute Gasteiger partial charge is 0.261 e. The fraction of sp³-hybridized carbons (Fsp3) is 0.0909. The summed E-state index contributed by atoms with van der Waals surface area (Å²) in [5.74, 6) is 0. The molecule has 5 nitrogen and oxygen atoms in total. The van der Waals surface area contributed by atoms with Crippen molar-refractivity contribution in [3.05, 3.63) is 35.9 Å². The van der Waals surface area contributed by atoms with Gasteiger partial charge in [-0.05, 0) is 13.0 Å². The number of fused-ring (bicyclic) bond motifs is 3. The number of rotatable bonds is 0. The molecule has 0 aliphatic heterocycles. The van der Waals surface area contributed by atoms with Crippen molar-refractivity contribution >= 4 is 16.6 Å². The van der Waals surface area contributed by atoms with E-state index in [-0.39, 0.29) is 0 Å².